The van der Waals surface area contributed by atoms with Crippen LogP contribution in [0.1, 0.15) is 61.2 Å². The van der Waals surface area contributed by atoms with Crippen molar-refractivity contribution in [2.24, 2.45) is 5.41 Å². The van der Waals surface area contributed by atoms with Crippen LogP contribution in [-0.2, 0) is 0 Å². The maximum atomic E-state index is 13.3. The van der Waals surface area contributed by atoms with Crippen LogP contribution in [0.2, 0.25) is 0 Å². The second kappa shape index (κ2) is 9.66. The highest BCUT2D eigenvalue weighted by atomic mass is 16.5. The van der Waals surface area contributed by atoms with Gasteiger partial charge in [0, 0.05) is 11.1 Å². The molecule has 1 amide bonds. The number of hydrogen-bond donors (Lipinski definition) is 1. The summed E-state index contributed by atoms with van der Waals surface area (Å²) >= 11 is 0. The summed E-state index contributed by atoms with van der Waals surface area (Å²) < 4.78 is 5.38. The lowest BCUT2D eigenvalue weighted by molar-refractivity contribution is 0.0681. The zero-order valence-corrected chi connectivity index (χ0v) is 19.1. The molecule has 2 rings (SSSR count). The molecule has 30 heavy (non-hydrogen) atoms. The average Bonchev–Trinajstić information content (AvgIpc) is 2.72. The third kappa shape index (κ3) is 5.12. The van der Waals surface area contributed by atoms with Crippen LogP contribution in [-0.4, -0.2) is 24.1 Å². The van der Waals surface area contributed by atoms with Crippen LogP contribution < -0.4 is 10.2 Å². The number of rotatable bonds is 8. The van der Waals surface area contributed by atoms with Gasteiger partial charge in [0.2, 0.25) is 0 Å². The highest BCUT2D eigenvalue weighted by Gasteiger charge is 2.32. The van der Waals surface area contributed by atoms with Crippen molar-refractivity contribution >= 4 is 17.7 Å². The molecule has 0 heterocycles. The molecular weight excluding hydrogens is 372 g/mol. The predicted octanol–water partition coefficient (Wildman–Crippen LogP) is 6.09. The largest absolute Gasteiger partial charge is 0.496 e. The van der Waals surface area contributed by atoms with E-state index in [2.05, 4.69) is 46.3 Å². The van der Waals surface area contributed by atoms with Crippen molar-refractivity contribution in [1.29, 1.82) is 0 Å². The van der Waals surface area contributed by atoms with Crippen LogP contribution in [0.15, 0.2) is 55.6 Å². The summed E-state index contributed by atoms with van der Waals surface area (Å²) in [5.41, 5.74) is 7.18. The molecule has 0 aliphatic heterocycles. The molecule has 0 saturated carbocycles. The van der Waals surface area contributed by atoms with E-state index in [-0.39, 0.29) is 17.4 Å². The van der Waals surface area contributed by atoms with Crippen LogP contribution in [0, 0.1) is 12.3 Å². The van der Waals surface area contributed by atoms with Gasteiger partial charge in [0.25, 0.3) is 5.91 Å². The highest BCUT2D eigenvalue weighted by molar-refractivity contribution is 5.96. The first-order valence-corrected chi connectivity index (χ1v) is 10.3. The smallest absolute Gasteiger partial charge is 0.270 e. The third-order valence-electron chi connectivity index (χ3n) is 5.44. The van der Waals surface area contributed by atoms with Gasteiger partial charge in [0.1, 0.15) is 5.75 Å². The first-order chi connectivity index (χ1) is 14.1. The van der Waals surface area contributed by atoms with Gasteiger partial charge < -0.3 is 4.74 Å². The fraction of sp³-hybridized carbons (Fsp3) is 0.346. The monoisotopic (exact) mass is 406 g/mol. The number of hydrazine groups is 1. The zero-order valence-electron chi connectivity index (χ0n) is 19.1. The first-order valence-electron chi connectivity index (χ1n) is 10.3. The van der Waals surface area contributed by atoms with Crippen LogP contribution in [0.25, 0.3) is 11.8 Å². The maximum Gasteiger partial charge on any atom is 0.270 e. The van der Waals surface area contributed by atoms with E-state index in [1.54, 1.807) is 7.11 Å². The molecule has 2 aromatic carbocycles. The van der Waals surface area contributed by atoms with Gasteiger partial charge in [-0.15, -0.1) is 0 Å². The van der Waals surface area contributed by atoms with Crippen molar-refractivity contribution in [1.82, 2.24) is 10.4 Å². The van der Waals surface area contributed by atoms with E-state index in [4.69, 9.17) is 4.74 Å². The standard InChI is InChI=1S/C26H34N2O2/c1-9-20-14-16-21(17-15-20)19(4)28(24(10-2)26(5,6)7)27-25(29)22-12-11-13-23(30-8)18(22)3/h9,11-17,24H,1,4,10H2,2-3,5-8H3,(H,27,29). The molecule has 0 fully saturated rings. The van der Waals surface area contributed by atoms with Crippen molar-refractivity contribution in [2.75, 3.05) is 7.11 Å². The molecule has 0 aliphatic rings. The van der Waals surface area contributed by atoms with E-state index < -0.39 is 0 Å². The number of ether oxygens (including phenoxy) is 1. The van der Waals surface area contributed by atoms with Crippen molar-refractivity contribution < 1.29 is 9.53 Å². The van der Waals surface area contributed by atoms with Gasteiger partial charge in [-0.05, 0) is 42.0 Å². The molecule has 0 bridgehead atoms. The van der Waals surface area contributed by atoms with E-state index in [0.717, 1.165) is 28.8 Å². The molecule has 2 aromatic rings. The SMILES string of the molecule is C=Cc1ccc(C(=C)N(NC(=O)c2cccc(OC)c2C)C(CC)C(C)(C)C)cc1. The van der Waals surface area contributed by atoms with Crippen LogP contribution >= 0.6 is 0 Å². The van der Waals surface area contributed by atoms with E-state index in [0.29, 0.717) is 11.3 Å². The minimum Gasteiger partial charge on any atom is -0.496 e. The molecule has 4 nitrogen and oxygen atoms in total. The Balaban J connectivity index is 2.44. The predicted molar refractivity (Wildman–Crippen MR) is 126 cm³/mol. The molecule has 4 heteroatoms. The molecule has 0 aliphatic carbocycles. The van der Waals surface area contributed by atoms with Crippen molar-refractivity contribution in [3.63, 3.8) is 0 Å². The normalized spacial score (nSPS) is 12.1. The Bertz CT molecular complexity index is 908. The van der Waals surface area contributed by atoms with E-state index >= 15 is 0 Å². The Hall–Kier alpha value is -3.01. The van der Waals surface area contributed by atoms with Gasteiger partial charge in [-0.25, -0.2) is 0 Å². The summed E-state index contributed by atoms with van der Waals surface area (Å²) in [6.45, 7) is 18.7. The lowest BCUT2D eigenvalue weighted by atomic mass is 9.84. The molecule has 1 unspecified atom stereocenters. The number of benzene rings is 2. The molecule has 0 aromatic heterocycles. The Labute approximate surface area is 181 Å². The van der Waals surface area contributed by atoms with Gasteiger partial charge in [-0.1, -0.05) is 77.3 Å². The molecule has 0 saturated heterocycles. The Morgan fingerprint density at radius 1 is 1.20 bits per heavy atom. The summed E-state index contributed by atoms with van der Waals surface area (Å²) in [6.07, 6.45) is 2.66. The number of nitrogens with one attached hydrogen (secondary N) is 1. The van der Waals surface area contributed by atoms with Gasteiger partial charge in [0.15, 0.2) is 0 Å². The average molecular weight is 407 g/mol. The van der Waals surface area contributed by atoms with Gasteiger partial charge in [0.05, 0.1) is 18.8 Å². The Kier molecular flexibility index (Phi) is 7.49. The molecular formula is C26H34N2O2. The number of nitrogens with zero attached hydrogens (tertiary/aromatic N) is 1. The minimum absolute atomic E-state index is 0.0546. The summed E-state index contributed by atoms with van der Waals surface area (Å²) in [6, 6.07) is 13.6. The Morgan fingerprint density at radius 2 is 1.83 bits per heavy atom. The number of methoxy groups -OCH3 is 1. The minimum atomic E-state index is -0.182. The lowest BCUT2D eigenvalue weighted by Crippen LogP contribution is -2.52. The van der Waals surface area contributed by atoms with Crippen LogP contribution in [0.4, 0.5) is 0 Å². The summed E-state index contributed by atoms with van der Waals surface area (Å²) in [5, 5.41) is 1.92. The lowest BCUT2D eigenvalue weighted by Gasteiger charge is -2.42. The van der Waals surface area contributed by atoms with Gasteiger partial charge >= 0.3 is 0 Å². The highest BCUT2D eigenvalue weighted by Crippen LogP contribution is 2.31. The molecule has 160 valence electrons. The van der Waals surface area contributed by atoms with E-state index in [9.17, 15) is 4.79 Å². The van der Waals surface area contributed by atoms with E-state index in [1.807, 2.05) is 60.5 Å². The quantitative estimate of drug-likeness (QED) is 0.539. The van der Waals surface area contributed by atoms with Crippen LogP contribution in [0.5, 0.6) is 5.75 Å². The summed E-state index contributed by atoms with van der Waals surface area (Å²) in [7, 11) is 1.61. The number of carbonyl (C=O) groups excluding carboxylic acids is 1. The molecule has 0 radical (unpaired) electrons. The molecule has 1 atom stereocenters. The fourth-order valence-corrected chi connectivity index (χ4v) is 3.72. The van der Waals surface area contributed by atoms with Gasteiger partial charge in [-0.2, -0.15) is 0 Å². The van der Waals surface area contributed by atoms with Crippen molar-refractivity contribution in [2.45, 2.75) is 47.1 Å². The van der Waals surface area contributed by atoms with Gasteiger partial charge in [-0.3, -0.25) is 15.2 Å². The van der Waals surface area contributed by atoms with Crippen molar-refractivity contribution in [3.8, 4) is 5.75 Å². The molecule has 1 N–H and O–H groups in total. The second-order valence-electron chi connectivity index (χ2n) is 8.51. The number of amides is 1. The topological polar surface area (TPSA) is 41.6 Å². The van der Waals surface area contributed by atoms with E-state index in [1.165, 1.54) is 0 Å². The first kappa shape index (κ1) is 23.3. The summed E-state index contributed by atoms with van der Waals surface area (Å²) in [5.74, 6) is 0.508. The van der Waals surface area contributed by atoms with Crippen molar-refractivity contribution in [3.05, 3.63) is 77.9 Å². The third-order valence-corrected chi connectivity index (χ3v) is 5.44. The Morgan fingerprint density at radius 3 is 2.33 bits per heavy atom. The fourth-order valence-electron chi connectivity index (χ4n) is 3.72. The number of hydrogen-bond acceptors (Lipinski definition) is 3. The number of carbonyl (C=O) groups is 1. The molecule has 0 spiro atoms. The zero-order chi connectivity index (χ0) is 22.5. The summed E-state index contributed by atoms with van der Waals surface area (Å²) in [4.78, 5) is 13.3. The second-order valence-corrected chi connectivity index (χ2v) is 8.51. The maximum absolute atomic E-state index is 13.3. The van der Waals surface area contributed by atoms with Crippen LogP contribution in [0.3, 0.4) is 0 Å².